The monoisotopic (exact) mass is 272 g/mol. The molecule has 1 unspecified atom stereocenters. The zero-order valence-electron chi connectivity index (χ0n) is 10.6. The Balaban J connectivity index is 0.00000162. The van der Waals surface area contributed by atoms with E-state index in [0.29, 0.717) is 18.3 Å². The van der Waals surface area contributed by atoms with Gasteiger partial charge in [-0.25, -0.2) is 0 Å². The van der Waals surface area contributed by atoms with Crippen LogP contribution in [-0.2, 0) is 6.54 Å². The molecule has 0 aromatic heterocycles. The maximum Gasteiger partial charge on any atom is 0.160 e. The average Bonchev–Trinajstić information content (AvgIpc) is 2.76. The summed E-state index contributed by atoms with van der Waals surface area (Å²) < 4.78 is 5.03. The molecule has 2 rings (SSSR count). The van der Waals surface area contributed by atoms with Crippen LogP contribution in [0.3, 0.4) is 0 Å². The zero-order valence-corrected chi connectivity index (χ0v) is 11.4. The average molecular weight is 273 g/mol. The highest BCUT2D eigenvalue weighted by atomic mass is 35.5. The lowest BCUT2D eigenvalue weighted by atomic mass is 10.1. The number of rotatable bonds is 4. The zero-order chi connectivity index (χ0) is 12.3. The first kappa shape index (κ1) is 15.1. The predicted molar refractivity (Wildman–Crippen MR) is 74.4 cm³/mol. The van der Waals surface area contributed by atoms with Gasteiger partial charge in [0.05, 0.1) is 7.11 Å². The van der Waals surface area contributed by atoms with Crippen LogP contribution in [0.15, 0.2) is 18.2 Å². The highest BCUT2D eigenvalue weighted by Crippen LogP contribution is 2.28. The van der Waals surface area contributed by atoms with Crippen LogP contribution in [0.5, 0.6) is 11.5 Å². The number of hydrogen-bond acceptors (Lipinski definition) is 4. The summed E-state index contributed by atoms with van der Waals surface area (Å²) in [6.45, 7) is 2.65. The van der Waals surface area contributed by atoms with Crippen LogP contribution in [0.1, 0.15) is 18.4 Å². The van der Waals surface area contributed by atoms with Gasteiger partial charge in [0.15, 0.2) is 11.5 Å². The van der Waals surface area contributed by atoms with Gasteiger partial charge in [0.2, 0.25) is 0 Å². The van der Waals surface area contributed by atoms with Crippen molar-refractivity contribution in [2.45, 2.75) is 25.4 Å². The molecular formula is C13H21ClN2O2. The molecule has 0 spiro atoms. The Kier molecular flexibility index (Phi) is 5.72. The smallest absolute Gasteiger partial charge is 0.160 e. The molecule has 1 atom stereocenters. The molecule has 0 amide bonds. The minimum Gasteiger partial charge on any atom is -0.504 e. The van der Waals surface area contributed by atoms with Gasteiger partial charge in [0.25, 0.3) is 0 Å². The summed E-state index contributed by atoms with van der Waals surface area (Å²) in [5, 5.41) is 9.72. The quantitative estimate of drug-likeness (QED) is 0.877. The Bertz CT molecular complexity index is 387. The van der Waals surface area contributed by atoms with E-state index in [1.807, 2.05) is 6.07 Å². The maximum absolute atomic E-state index is 9.72. The first-order valence-corrected chi connectivity index (χ1v) is 6.04. The summed E-state index contributed by atoms with van der Waals surface area (Å²) in [5.74, 6) is 0.721. The van der Waals surface area contributed by atoms with Crippen molar-refractivity contribution in [2.24, 2.45) is 5.73 Å². The van der Waals surface area contributed by atoms with Gasteiger partial charge in [-0.3, -0.25) is 4.90 Å². The second-order valence-electron chi connectivity index (χ2n) is 4.51. The van der Waals surface area contributed by atoms with Crippen LogP contribution in [0.25, 0.3) is 0 Å². The third-order valence-electron chi connectivity index (χ3n) is 3.40. The van der Waals surface area contributed by atoms with E-state index in [4.69, 9.17) is 10.5 Å². The fraction of sp³-hybridized carbons (Fsp3) is 0.538. The van der Waals surface area contributed by atoms with E-state index < -0.39 is 0 Å². The van der Waals surface area contributed by atoms with Crippen LogP contribution in [0.4, 0.5) is 0 Å². The van der Waals surface area contributed by atoms with Crippen LogP contribution in [-0.4, -0.2) is 36.2 Å². The lowest BCUT2D eigenvalue weighted by Gasteiger charge is -2.23. The van der Waals surface area contributed by atoms with E-state index in [-0.39, 0.29) is 18.2 Å². The van der Waals surface area contributed by atoms with Gasteiger partial charge in [0, 0.05) is 19.1 Å². The van der Waals surface area contributed by atoms with E-state index in [2.05, 4.69) is 4.90 Å². The van der Waals surface area contributed by atoms with Crippen molar-refractivity contribution in [1.29, 1.82) is 0 Å². The number of ether oxygens (including phenoxy) is 1. The number of aromatic hydroxyl groups is 1. The number of methoxy groups -OCH3 is 1. The summed E-state index contributed by atoms with van der Waals surface area (Å²) in [5.41, 5.74) is 6.84. The van der Waals surface area contributed by atoms with Gasteiger partial charge < -0.3 is 15.6 Å². The topological polar surface area (TPSA) is 58.7 Å². The minimum atomic E-state index is 0. The Morgan fingerprint density at radius 2 is 2.28 bits per heavy atom. The SMILES string of the molecule is COc1ccc(CN2CCCC2CN)cc1O.Cl. The first-order chi connectivity index (χ1) is 8.24. The van der Waals surface area contributed by atoms with Gasteiger partial charge in [-0.2, -0.15) is 0 Å². The second-order valence-corrected chi connectivity index (χ2v) is 4.51. The van der Waals surface area contributed by atoms with Gasteiger partial charge in [-0.15, -0.1) is 12.4 Å². The summed E-state index contributed by atoms with van der Waals surface area (Å²) in [4.78, 5) is 2.38. The number of nitrogens with two attached hydrogens (primary N) is 1. The summed E-state index contributed by atoms with van der Waals surface area (Å²) in [7, 11) is 1.56. The number of likely N-dealkylation sites (tertiary alicyclic amines) is 1. The van der Waals surface area contributed by atoms with Crippen LogP contribution in [0, 0.1) is 0 Å². The van der Waals surface area contributed by atoms with Crippen LogP contribution >= 0.6 is 12.4 Å². The first-order valence-electron chi connectivity index (χ1n) is 6.04. The van der Waals surface area contributed by atoms with Crippen molar-refractivity contribution in [3.63, 3.8) is 0 Å². The molecule has 1 aliphatic heterocycles. The molecule has 1 fully saturated rings. The molecular weight excluding hydrogens is 252 g/mol. The molecule has 102 valence electrons. The van der Waals surface area contributed by atoms with Gasteiger partial charge in [-0.05, 0) is 37.1 Å². The Morgan fingerprint density at radius 1 is 1.50 bits per heavy atom. The van der Waals surface area contributed by atoms with Crippen molar-refractivity contribution in [3.8, 4) is 11.5 Å². The van der Waals surface area contributed by atoms with Crippen LogP contribution < -0.4 is 10.5 Å². The molecule has 0 aliphatic carbocycles. The molecule has 1 aliphatic rings. The van der Waals surface area contributed by atoms with E-state index in [1.54, 1.807) is 19.2 Å². The van der Waals surface area contributed by atoms with Crippen molar-refractivity contribution in [3.05, 3.63) is 23.8 Å². The third-order valence-corrected chi connectivity index (χ3v) is 3.40. The highest BCUT2D eigenvalue weighted by molar-refractivity contribution is 5.85. The lowest BCUT2D eigenvalue weighted by Crippen LogP contribution is -2.34. The van der Waals surface area contributed by atoms with E-state index in [9.17, 15) is 5.11 Å². The molecule has 4 nitrogen and oxygen atoms in total. The summed E-state index contributed by atoms with van der Waals surface area (Å²) in [6.07, 6.45) is 2.39. The minimum absolute atomic E-state index is 0. The van der Waals surface area contributed by atoms with Crippen LogP contribution in [0.2, 0.25) is 0 Å². The fourth-order valence-electron chi connectivity index (χ4n) is 2.44. The Morgan fingerprint density at radius 3 is 2.89 bits per heavy atom. The standard InChI is InChI=1S/C13H20N2O2.ClH/c1-17-13-5-4-10(7-12(13)16)9-15-6-2-3-11(15)8-14;/h4-5,7,11,16H,2-3,6,8-9,14H2,1H3;1H. The summed E-state index contributed by atoms with van der Waals surface area (Å²) >= 11 is 0. The second kappa shape index (κ2) is 6.83. The van der Waals surface area contributed by atoms with Gasteiger partial charge in [-0.1, -0.05) is 6.07 Å². The molecule has 1 aromatic rings. The molecule has 1 aromatic carbocycles. The Hall–Kier alpha value is -0.970. The van der Waals surface area contributed by atoms with Crippen molar-refractivity contribution >= 4 is 12.4 Å². The van der Waals surface area contributed by atoms with E-state index in [1.165, 1.54) is 12.8 Å². The number of phenols is 1. The van der Waals surface area contributed by atoms with Gasteiger partial charge in [0.1, 0.15) is 0 Å². The predicted octanol–water partition coefficient (Wildman–Crippen LogP) is 1.75. The molecule has 3 N–H and O–H groups in total. The molecule has 5 heteroatoms. The molecule has 18 heavy (non-hydrogen) atoms. The number of halogens is 1. The molecule has 1 saturated heterocycles. The molecule has 0 bridgehead atoms. The van der Waals surface area contributed by atoms with E-state index >= 15 is 0 Å². The lowest BCUT2D eigenvalue weighted by molar-refractivity contribution is 0.249. The fourth-order valence-corrected chi connectivity index (χ4v) is 2.44. The molecule has 0 saturated carbocycles. The summed E-state index contributed by atoms with van der Waals surface area (Å²) in [6, 6.07) is 6.05. The van der Waals surface area contributed by atoms with Crippen molar-refractivity contribution in [1.82, 2.24) is 4.90 Å². The largest absolute Gasteiger partial charge is 0.504 e. The normalized spacial score (nSPS) is 19.6. The number of benzene rings is 1. The third kappa shape index (κ3) is 3.28. The number of nitrogens with zero attached hydrogens (tertiary/aromatic N) is 1. The van der Waals surface area contributed by atoms with Crippen molar-refractivity contribution in [2.75, 3.05) is 20.2 Å². The Labute approximate surface area is 114 Å². The maximum atomic E-state index is 9.72. The number of phenolic OH excluding ortho intramolecular Hbond substituents is 1. The highest BCUT2D eigenvalue weighted by Gasteiger charge is 2.23. The molecule has 1 heterocycles. The molecule has 0 radical (unpaired) electrons. The van der Waals surface area contributed by atoms with Gasteiger partial charge >= 0.3 is 0 Å². The van der Waals surface area contributed by atoms with E-state index in [0.717, 1.165) is 18.7 Å². The van der Waals surface area contributed by atoms with Crippen molar-refractivity contribution < 1.29 is 9.84 Å². The number of hydrogen-bond donors (Lipinski definition) is 2.